The number of para-hydroxylation sites is 1. The van der Waals surface area contributed by atoms with Gasteiger partial charge in [0.2, 0.25) is 0 Å². The second kappa shape index (κ2) is 7.04. The fourth-order valence-electron chi connectivity index (χ4n) is 4.28. The minimum absolute atomic E-state index is 0.200. The van der Waals surface area contributed by atoms with Gasteiger partial charge in [-0.15, -0.1) is 0 Å². The van der Waals surface area contributed by atoms with E-state index in [2.05, 4.69) is 20.9 Å². The van der Waals surface area contributed by atoms with E-state index in [0.717, 1.165) is 32.1 Å². The van der Waals surface area contributed by atoms with Crippen molar-refractivity contribution < 1.29 is 9.66 Å². The van der Waals surface area contributed by atoms with Crippen molar-refractivity contribution in [1.82, 2.24) is 4.98 Å². The summed E-state index contributed by atoms with van der Waals surface area (Å²) in [6.07, 6.45) is 1.21. The van der Waals surface area contributed by atoms with Gasteiger partial charge in [0.1, 0.15) is 5.75 Å². The van der Waals surface area contributed by atoms with Crippen LogP contribution in [0.15, 0.2) is 83.5 Å². The maximum absolute atomic E-state index is 12.4. The molecule has 0 aliphatic carbocycles. The number of hydrogen-bond donors (Lipinski definition) is 1. The van der Waals surface area contributed by atoms with E-state index < -0.39 is 18.1 Å². The molecule has 1 N–H and O–H groups in total. The van der Waals surface area contributed by atoms with Crippen LogP contribution < -0.4 is 4.74 Å². The van der Waals surface area contributed by atoms with Crippen LogP contribution in [0.4, 0.5) is 0 Å². The van der Waals surface area contributed by atoms with Gasteiger partial charge in [0.25, 0.3) is 6.04 Å². The smallest absolute Gasteiger partial charge is 0.264 e. The van der Waals surface area contributed by atoms with Gasteiger partial charge in [0, 0.05) is 32.1 Å². The molecule has 0 spiro atoms. The van der Waals surface area contributed by atoms with Crippen molar-refractivity contribution >= 4 is 26.8 Å². The van der Waals surface area contributed by atoms with Gasteiger partial charge in [-0.1, -0.05) is 64.5 Å². The fourth-order valence-corrected chi connectivity index (χ4v) is 4.66. The lowest BCUT2D eigenvalue weighted by atomic mass is 9.78. The molecule has 0 bridgehead atoms. The van der Waals surface area contributed by atoms with E-state index >= 15 is 0 Å². The van der Waals surface area contributed by atoms with Crippen LogP contribution in [0.25, 0.3) is 10.9 Å². The van der Waals surface area contributed by atoms with Crippen LogP contribution in [0.5, 0.6) is 5.75 Å². The van der Waals surface area contributed by atoms with Crippen molar-refractivity contribution in [2.75, 3.05) is 0 Å². The van der Waals surface area contributed by atoms with Gasteiger partial charge in [-0.05, 0) is 35.4 Å². The molecule has 1 aliphatic rings. The minimum atomic E-state index is -0.960. The van der Waals surface area contributed by atoms with Crippen LogP contribution in [0.2, 0.25) is 0 Å². The normalized spacial score (nSPS) is 20.8. The molecular weight excluding hydrogens is 432 g/mol. The van der Waals surface area contributed by atoms with Crippen molar-refractivity contribution in [2.24, 2.45) is 0 Å². The Morgan fingerprint density at radius 1 is 0.966 bits per heavy atom. The lowest BCUT2D eigenvalue weighted by Crippen LogP contribution is -2.40. The summed E-state index contributed by atoms with van der Waals surface area (Å²) >= 11 is 3.51. The van der Waals surface area contributed by atoms with Gasteiger partial charge in [-0.3, -0.25) is 10.1 Å². The van der Waals surface area contributed by atoms with Crippen LogP contribution in [0, 0.1) is 10.1 Å². The summed E-state index contributed by atoms with van der Waals surface area (Å²) in [4.78, 5) is 15.4. The van der Waals surface area contributed by atoms with Gasteiger partial charge >= 0.3 is 0 Å². The highest BCUT2D eigenvalue weighted by Crippen LogP contribution is 2.48. The first-order valence-corrected chi connectivity index (χ1v) is 10.1. The van der Waals surface area contributed by atoms with Gasteiger partial charge in [-0.25, -0.2) is 0 Å². The molecule has 3 atom stereocenters. The number of H-pyrrole nitrogens is 1. The van der Waals surface area contributed by atoms with E-state index in [4.69, 9.17) is 4.74 Å². The summed E-state index contributed by atoms with van der Waals surface area (Å²) in [7, 11) is 0. The molecule has 0 saturated carbocycles. The van der Waals surface area contributed by atoms with Crippen LogP contribution in [0.3, 0.4) is 0 Å². The third-order valence-electron chi connectivity index (χ3n) is 5.54. The Morgan fingerprint density at radius 3 is 2.52 bits per heavy atom. The molecule has 29 heavy (non-hydrogen) atoms. The molecule has 3 aromatic carbocycles. The third kappa shape index (κ3) is 3.00. The SMILES string of the molecule is O=[N+]([O-])[C@@H]1[C@H](c2c[nH]c3ccccc23)c2cc(Br)ccc2O[C@H]1c1ccccc1. The number of aromatic nitrogens is 1. The number of benzene rings is 3. The maximum atomic E-state index is 12.4. The number of nitrogens with one attached hydrogen (secondary N) is 1. The highest BCUT2D eigenvalue weighted by molar-refractivity contribution is 9.10. The van der Waals surface area contributed by atoms with E-state index in [1.807, 2.05) is 79.0 Å². The Bertz CT molecular complexity index is 1210. The first-order valence-electron chi connectivity index (χ1n) is 9.34. The molecule has 0 saturated heterocycles. The van der Waals surface area contributed by atoms with Gasteiger partial charge in [0.15, 0.2) is 6.10 Å². The Kier molecular flexibility index (Phi) is 4.36. The number of hydrogen-bond acceptors (Lipinski definition) is 3. The molecule has 1 aliphatic heterocycles. The Balaban J connectivity index is 1.77. The first kappa shape index (κ1) is 17.9. The van der Waals surface area contributed by atoms with Crippen LogP contribution in [-0.2, 0) is 0 Å². The molecule has 144 valence electrons. The van der Waals surface area contributed by atoms with Crippen molar-refractivity contribution in [1.29, 1.82) is 0 Å². The highest BCUT2D eigenvalue weighted by atomic mass is 79.9. The summed E-state index contributed by atoms with van der Waals surface area (Å²) in [5.74, 6) is 0.225. The summed E-state index contributed by atoms with van der Waals surface area (Å²) in [5, 5.41) is 13.4. The van der Waals surface area contributed by atoms with Crippen molar-refractivity contribution in [3.63, 3.8) is 0 Å². The second-order valence-corrected chi connectivity index (χ2v) is 8.09. The van der Waals surface area contributed by atoms with E-state index in [0.29, 0.717) is 5.75 Å². The molecular formula is C23H17BrN2O3. The minimum Gasteiger partial charge on any atom is -0.478 e. The summed E-state index contributed by atoms with van der Waals surface area (Å²) in [6.45, 7) is 0. The van der Waals surface area contributed by atoms with Gasteiger partial charge in [0.05, 0.1) is 5.92 Å². The molecule has 1 aromatic heterocycles. The lowest BCUT2D eigenvalue weighted by Gasteiger charge is -2.35. The Labute approximate surface area is 175 Å². The second-order valence-electron chi connectivity index (χ2n) is 7.17. The zero-order valence-electron chi connectivity index (χ0n) is 15.3. The molecule has 5 nitrogen and oxygen atoms in total. The van der Waals surface area contributed by atoms with Crippen molar-refractivity contribution in [3.05, 3.63) is 110 Å². The van der Waals surface area contributed by atoms with E-state index in [-0.39, 0.29) is 4.92 Å². The van der Waals surface area contributed by atoms with Crippen molar-refractivity contribution in [2.45, 2.75) is 18.1 Å². The molecule has 0 unspecified atom stereocenters. The highest BCUT2D eigenvalue weighted by Gasteiger charge is 2.48. The average molecular weight is 449 g/mol. The maximum Gasteiger partial charge on any atom is 0.264 e. The average Bonchev–Trinajstić information content (AvgIpc) is 3.17. The van der Waals surface area contributed by atoms with Crippen molar-refractivity contribution in [3.8, 4) is 5.75 Å². The molecule has 5 rings (SSSR count). The number of rotatable bonds is 3. The monoisotopic (exact) mass is 448 g/mol. The molecule has 6 heteroatoms. The van der Waals surface area contributed by atoms with Gasteiger partial charge in [-0.2, -0.15) is 0 Å². The van der Waals surface area contributed by atoms with Crippen LogP contribution in [-0.4, -0.2) is 15.9 Å². The first-order chi connectivity index (χ1) is 14.1. The molecule has 0 radical (unpaired) electrons. The Hall–Kier alpha value is -3.12. The molecule has 4 aromatic rings. The largest absolute Gasteiger partial charge is 0.478 e. The Morgan fingerprint density at radius 2 is 1.72 bits per heavy atom. The van der Waals surface area contributed by atoms with E-state index in [9.17, 15) is 10.1 Å². The zero-order chi connectivity index (χ0) is 20.0. The predicted octanol–water partition coefficient (Wildman–Crippen LogP) is 5.84. The van der Waals surface area contributed by atoms with Gasteiger partial charge < -0.3 is 9.72 Å². The fraction of sp³-hybridized carbons (Fsp3) is 0.130. The number of ether oxygens (including phenoxy) is 1. The number of halogens is 1. The summed E-state index contributed by atoms with van der Waals surface area (Å²) < 4.78 is 7.08. The molecule has 0 fully saturated rings. The van der Waals surface area contributed by atoms with E-state index in [1.54, 1.807) is 0 Å². The quantitative estimate of drug-likeness (QED) is 0.316. The number of nitrogens with zero attached hydrogens (tertiary/aromatic N) is 1. The molecule has 0 amide bonds. The standard InChI is InChI=1S/C23H17BrN2O3/c24-15-10-11-20-17(12-15)21(18-13-25-19-9-5-4-8-16(18)19)22(26(27)28)23(29-20)14-6-2-1-3-7-14/h1-13,21-23,25H/t21-,22+,23-/m0/s1. The summed E-state index contributed by atoms with van der Waals surface area (Å²) in [6, 6.07) is 22.1. The van der Waals surface area contributed by atoms with E-state index in [1.165, 1.54) is 0 Å². The topological polar surface area (TPSA) is 68.2 Å². The summed E-state index contributed by atoms with van der Waals surface area (Å²) in [5.41, 5.74) is 3.49. The number of fused-ring (bicyclic) bond motifs is 2. The van der Waals surface area contributed by atoms with Crippen LogP contribution in [0.1, 0.15) is 28.7 Å². The zero-order valence-corrected chi connectivity index (χ0v) is 16.9. The third-order valence-corrected chi connectivity index (χ3v) is 6.03. The number of nitro groups is 1. The van der Waals surface area contributed by atoms with Crippen LogP contribution >= 0.6 is 15.9 Å². The molecule has 2 heterocycles. The lowest BCUT2D eigenvalue weighted by molar-refractivity contribution is -0.538. The predicted molar refractivity (Wildman–Crippen MR) is 115 cm³/mol. The number of aromatic amines is 1.